The minimum Gasteiger partial charge on any atom is -0.497 e. The van der Waals surface area contributed by atoms with Crippen molar-refractivity contribution in [1.29, 1.82) is 0 Å². The molecule has 2 aromatic carbocycles. The average molecular weight is 336 g/mol. The largest absolute Gasteiger partial charge is 0.497 e. The second-order valence-corrected chi connectivity index (χ2v) is 6.10. The molecule has 0 fully saturated rings. The molecule has 0 spiro atoms. The van der Waals surface area contributed by atoms with Gasteiger partial charge in [0.25, 0.3) is 5.91 Å². The summed E-state index contributed by atoms with van der Waals surface area (Å²) in [5.41, 5.74) is 1.50. The number of rotatable bonds is 5. The monoisotopic (exact) mass is 335 g/mol. The topological polar surface area (TPSA) is 38.3 Å². The molecule has 2 aromatic rings. The van der Waals surface area contributed by atoms with Gasteiger partial charge in [0.1, 0.15) is 5.75 Å². The Morgan fingerprint density at radius 3 is 2.50 bits per heavy atom. The van der Waals surface area contributed by atoms with Gasteiger partial charge in [-0.05, 0) is 49.1 Å². The summed E-state index contributed by atoms with van der Waals surface area (Å²) in [4.78, 5) is 13.4. The number of ether oxygens (including phenoxy) is 1. The maximum Gasteiger partial charge on any atom is 0.253 e. The number of hydrogen-bond acceptors (Lipinski definition) is 3. The number of methoxy groups -OCH3 is 1. The van der Waals surface area contributed by atoms with Crippen LogP contribution in [-0.4, -0.2) is 19.3 Å². The Balaban J connectivity index is 2.13. The summed E-state index contributed by atoms with van der Waals surface area (Å²) in [5.74, 6) is 0.613. The maximum absolute atomic E-state index is 12.4. The fourth-order valence-electron chi connectivity index (χ4n) is 2.06. The molecule has 2 rings (SSSR count). The molecule has 1 N–H and O–H groups in total. The van der Waals surface area contributed by atoms with Gasteiger partial charge in [-0.15, -0.1) is 11.8 Å². The van der Waals surface area contributed by atoms with Crippen LogP contribution in [0.3, 0.4) is 0 Å². The summed E-state index contributed by atoms with van der Waals surface area (Å²) >= 11 is 7.71. The van der Waals surface area contributed by atoms with Crippen LogP contribution in [0.4, 0.5) is 0 Å². The van der Waals surface area contributed by atoms with E-state index in [1.54, 1.807) is 24.9 Å². The molecule has 5 heteroatoms. The molecule has 22 heavy (non-hydrogen) atoms. The zero-order chi connectivity index (χ0) is 16.1. The van der Waals surface area contributed by atoms with E-state index in [9.17, 15) is 4.79 Å². The van der Waals surface area contributed by atoms with Gasteiger partial charge >= 0.3 is 0 Å². The minimum atomic E-state index is -0.177. The molecule has 1 atom stereocenters. The first kappa shape index (κ1) is 16.7. The van der Waals surface area contributed by atoms with Gasteiger partial charge in [-0.3, -0.25) is 4.79 Å². The van der Waals surface area contributed by atoms with Crippen molar-refractivity contribution in [1.82, 2.24) is 5.32 Å². The van der Waals surface area contributed by atoms with Crippen LogP contribution in [-0.2, 0) is 0 Å². The molecule has 0 saturated heterocycles. The summed E-state index contributed by atoms with van der Waals surface area (Å²) in [6.07, 6.45) is 1.96. The first-order valence-corrected chi connectivity index (χ1v) is 8.43. The van der Waals surface area contributed by atoms with Gasteiger partial charge in [0.05, 0.1) is 23.7 Å². The van der Waals surface area contributed by atoms with Crippen LogP contribution in [0.15, 0.2) is 47.4 Å². The molecule has 0 radical (unpaired) electrons. The highest BCUT2D eigenvalue weighted by Crippen LogP contribution is 2.24. The lowest BCUT2D eigenvalue weighted by atomic mass is 10.1. The van der Waals surface area contributed by atoms with E-state index in [1.807, 2.05) is 49.6 Å². The smallest absolute Gasteiger partial charge is 0.253 e. The van der Waals surface area contributed by atoms with Gasteiger partial charge in [-0.1, -0.05) is 23.7 Å². The molecule has 0 saturated carbocycles. The Kier molecular flexibility index (Phi) is 5.75. The Labute approximate surface area is 140 Å². The second kappa shape index (κ2) is 7.56. The van der Waals surface area contributed by atoms with Gasteiger partial charge in [-0.25, -0.2) is 0 Å². The number of carbonyl (C=O) groups excluding carboxylic acids is 1. The van der Waals surface area contributed by atoms with Crippen molar-refractivity contribution in [2.24, 2.45) is 0 Å². The normalized spacial score (nSPS) is 11.8. The lowest BCUT2D eigenvalue weighted by molar-refractivity contribution is 0.0940. The summed E-state index contributed by atoms with van der Waals surface area (Å²) in [6, 6.07) is 13.0. The lowest BCUT2D eigenvalue weighted by Gasteiger charge is -2.15. The third kappa shape index (κ3) is 3.96. The third-order valence-corrected chi connectivity index (χ3v) is 4.44. The van der Waals surface area contributed by atoms with E-state index in [0.717, 1.165) is 16.2 Å². The Morgan fingerprint density at radius 2 is 1.91 bits per heavy atom. The van der Waals surface area contributed by atoms with Crippen molar-refractivity contribution in [2.75, 3.05) is 13.4 Å². The van der Waals surface area contributed by atoms with Gasteiger partial charge in [-0.2, -0.15) is 0 Å². The van der Waals surface area contributed by atoms with Crippen LogP contribution >= 0.6 is 23.4 Å². The van der Waals surface area contributed by atoms with Crippen LogP contribution < -0.4 is 10.1 Å². The fraction of sp³-hybridized carbons (Fsp3) is 0.235. The van der Waals surface area contributed by atoms with Crippen molar-refractivity contribution < 1.29 is 9.53 Å². The van der Waals surface area contributed by atoms with E-state index < -0.39 is 0 Å². The Bertz CT molecular complexity index is 658. The first-order valence-electron chi connectivity index (χ1n) is 6.83. The molecule has 0 bridgehead atoms. The molecule has 0 aromatic heterocycles. The molecule has 0 aliphatic heterocycles. The Hall–Kier alpha value is -1.65. The van der Waals surface area contributed by atoms with Gasteiger partial charge < -0.3 is 10.1 Å². The van der Waals surface area contributed by atoms with E-state index >= 15 is 0 Å². The predicted molar refractivity (Wildman–Crippen MR) is 92.1 cm³/mol. The lowest BCUT2D eigenvalue weighted by Crippen LogP contribution is -2.26. The molecule has 0 heterocycles. The molecule has 3 nitrogen and oxygen atoms in total. The molecular formula is C17H18ClNO2S. The molecular weight excluding hydrogens is 318 g/mol. The average Bonchev–Trinajstić information content (AvgIpc) is 2.55. The quantitative estimate of drug-likeness (QED) is 0.814. The SMILES string of the molecule is COc1ccc(C(C)NC(=O)c2cc(SC)ccc2Cl)cc1. The number of nitrogens with one attached hydrogen (secondary N) is 1. The van der Waals surface area contributed by atoms with Gasteiger partial charge in [0, 0.05) is 4.90 Å². The molecule has 1 amide bonds. The first-order chi connectivity index (χ1) is 10.5. The molecule has 116 valence electrons. The van der Waals surface area contributed by atoms with E-state index in [1.165, 1.54) is 0 Å². The fourth-order valence-corrected chi connectivity index (χ4v) is 2.70. The van der Waals surface area contributed by atoms with E-state index in [-0.39, 0.29) is 11.9 Å². The van der Waals surface area contributed by atoms with Gasteiger partial charge in [0.15, 0.2) is 0 Å². The van der Waals surface area contributed by atoms with E-state index in [4.69, 9.17) is 16.3 Å². The zero-order valence-corrected chi connectivity index (χ0v) is 14.3. The number of halogens is 1. The molecule has 0 aliphatic carbocycles. The second-order valence-electron chi connectivity index (χ2n) is 4.81. The van der Waals surface area contributed by atoms with Gasteiger partial charge in [0.2, 0.25) is 0 Å². The van der Waals surface area contributed by atoms with Crippen LogP contribution in [0.1, 0.15) is 28.9 Å². The van der Waals surface area contributed by atoms with Crippen molar-refractivity contribution in [3.63, 3.8) is 0 Å². The number of amides is 1. The zero-order valence-electron chi connectivity index (χ0n) is 12.7. The van der Waals surface area contributed by atoms with Crippen LogP contribution in [0.25, 0.3) is 0 Å². The molecule has 0 aliphatic rings. The number of benzene rings is 2. The van der Waals surface area contributed by atoms with Crippen LogP contribution in [0, 0.1) is 0 Å². The van der Waals surface area contributed by atoms with E-state index in [0.29, 0.717) is 10.6 Å². The van der Waals surface area contributed by atoms with Crippen molar-refractivity contribution >= 4 is 29.3 Å². The Morgan fingerprint density at radius 1 is 1.23 bits per heavy atom. The third-order valence-electron chi connectivity index (χ3n) is 3.38. The standard InChI is InChI=1S/C17H18ClNO2S/c1-11(12-4-6-13(21-2)7-5-12)19-17(20)15-10-14(22-3)8-9-16(15)18/h4-11H,1-3H3,(H,19,20). The number of carbonyl (C=O) groups is 1. The van der Waals surface area contributed by atoms with Crippen molar-refractivity contribution in [2.45, 2.75) is 17.9 Å². The highest BCUT2D eigenvalue weighted by atomic mass is 35.5. The number of hydrogen-bond donors (Lipinski definition) is 1. The van der Waals surface area contributed by atoms with Crippen LogP contribution in [0.2, 0.25) is 5.02 Å². The summed E-state index contributed by atoms with van der Waals surface area (Å²) < 4.78 is 5.13. The maximum atomic E-state index is 12.4. The van der Waals surface area contributed by atoms with Crippen molar-refractivity contribution in [3.05, 3.63) is 58.6 Å². The summed E-state index contributed by atoms with van der Waals surface area (Å²) in [7, 11) is 1.63. The predicted octanol–water partition coefficient (Wildman–Crippen LogP) is 4.56. The van der Waals surface area contributed by atoms with E-state index in [2.05, 4.69) is 5.32 Å². The molecule has 1 unspecified atom stereocenters. The summed E-state index contributed by atoms with van der Waals surface area (Å²) in [6.45, 7) is 1.94. The summed E-state index contributed by atoms with van der Waals surface area (Å²) in [5, 5.41) is 3.42. The van der Waals surface area contributed by atoms with Crippen LogP contribution in [0.5, 0.6) is 5.75 Å². The minimum absolute atomic E-state index is 0.118. The number of thioether (sulfide) groups is 1. The van der Waals surface area contributed by atoms with Crippen molar-refractivity contribution in [3.8, 4) is 5.75 Å². The highest BCUT2D eigenvalue weighted by molar-refractivity contribution is 7.98. The highest BCUT2D eigenvalue weighted by Gasteiger charge is 2.15.